The third-order valence-electron chi connectivity index (χ3n) is 7.56. The van der Waals surface area contributed by atoms with Crippen molar-refractivity contribution in [3.8, 4) is 34.4 Å². The lowest BCUT2D eigenvalue weighted by atomic mass is 10.1. The average molecular weight is 605 g/mol. The van der Waals surface area contributed by atoms with Gasteiger partial charge in [0.25, 0.3) is 0 Å². The highest BCUT2D eigenvalue weighted by Crippen LogP contribution is 2.35. The topological polar surface area (TPSA) is 130 Å². The maximum Gasteiger partial charge on any atom is 0.248 e. The first-order chi connectivity index (χ1) is 21.0. The van der Waals surface area contributed by atoms with E-state index < -0.39 is 6.04 Å². The number of carbonyl (C=O) groups excluding carboxylic acids is 2. The molecule has 0 bridgehead atoms. The molecule has 1 N–H and O–H groups in total. The minimum absolute atomic E-state index is 0.0958. The van der Waals surface area contributed by atoms with Crippen LogP contribution < -0.4 is 24.3 Å². The molecule has 1 saturated carbocycles. The fraction of sp³-hybridized carbons (Fsp3) is 0.367. The summed E-state index contributed by atoms with van der Waals surface area (Å²) in [5.41, 5.74) is 1.45. The second kappa shape index (κ2) is 12.7. The first-order valence-electron chi connectivity index (χ1n) is 14.0. The van der Waals surface area contributed by atoms with Crippen LogP contribution in [0.25, 0.3) is 11.4 Å². The third kappa shape index (κ3) is 6.26. The highest BCUT2D eigenvalue weighted by molar-refractivity contribution is 7.10. The van der Waals surface area contributed by atoms with E-state index in [1.54, 1.807) is 37.3 Å². The number of hydrogen-bond acceptors (Lipinski definition) is 10. The maximum atomic E-state index is 14.1. The summed E-state index contributed by atoms with van der Waals surface area (Å²) in [6.45, 7) is 0.0835. The molecule has 0 unspecified atom stereocenters. The zero-order chi connectivity index (χ0) is 29.8. The van der Waals surface area contributed by atoms with E-state index in [2.05, 4.69) is 20.7 Å². The second-order valence-electron chi connectivity index (χ2n) is 10.3. The minimum Gasteiger partial charge on any atom is -0.493 e. The van der Waals surface area contributed by atoms with Gasteiger partial charge in [-0.05, 0) is 65.4 Å². The van der Waals surface area contributed by atoms with Crippen molar-refractivity contribution >= 4 is 23.2 Å². The Morgan fingerprint density at radius 3 is 2.65 bits per heavy atom. The Labute approximate surface area is 252 Å². The van der Waals surface area contributed by atoms with Crippen LogP contribution >= 0.6 is 11.3 Å². The predicted octanol–water partition coefficient (Wildman–Crippen LogP) is 3.98. The number of aromatic nitrogens is 4. The van der Waals surface area contributed by atoms with E-state index in [1.165, 1.54) is 16.1 Å². The zero-order valence-corrected chi connectivity index (χ0v) is 24.7. The normalized spacial score (nSPS) is 14.8. The Morgan fingerprint density at radius 1 is 1.07 bits per heavy atom. The average Bonchev–Trinajstić information content (AvgIpc) is 3.85. The molecule has 1 aliphatic heterocycles. The predicted molar refractivity (Wildman–Crippen MR) is 157 cm³/mol. The van der Waals surface area contributed by atoms with Gasteiger partial charge in [0.15, 0.2) is 23.0 Å². The van der Waals surface area contributed by atoms with Crippen LogP contribution in [0.3, 0.4) is 0 Å². The number of nitrogens with one attached hydrogen (secondary N) is 1. The fourth-order valence-electron chi connectivity index (χ4n) is 5.39. The van der Waals surface area contributed by atoms with Crippen molar-refractivity contribution in [2.24, 2.45) is 0 Å². The number of fused-ring (bicyclic) bond motifs is 1. The molecule has 0 radical (unpaired) electrons. The van der Waals surface area contributed by atoms with Crippen LogP contribution in [0.15, 0.2) is 53.9 Å². The molecule has 2 aliphatic rings. The number of ether oxygens (including phenoxy) is 4. The summed E-state index contributed by atoms with van der Waals surface area (Å²) in [4.78, 5) is 31.5. The van der Waals surface area contributed by atoms with Crippen LogP contribution in [0.1, 0.15) is 42.2 Å². The molecule has 0 spiro atoms. The lowest BCUT2D eigenvalue weighted by Gasteiger charge is -2.31. The van der Waals surface area contributed by atoms with E-state index >= 15 is 0 Å². The molecule has 224 valence electrons. The van der Waals surface area contributed by atoms with Gasteiger partial charge in [-0.15, -0.1) is 21.5 Å². The van der Waals surface area contributed by atoms with Gasteiger partial charge in [-0.3, -0.25) is 9.59 Å². The summed E-state index contributed by atoms with van der Waals surface area (Å²) in [6.07, 6.45) is 4.02. The molecule has 13 heteroatoms. The number of tetrazole rings is 1. The van der Waals surface area contributed by atoms with Gasteiger partial charge in [0, 0.05) is 23.0 Å². The van der Waals surface area contributed by atoms with Crippen LogP contribution in [0.2, 0.25) is 0 Å². The highest BCUT2D eigenvalue weighted by Gasteiger charge is 2.34. The highest BCUT2D eigenvalue weighted by atomic mass is 32.1. The molecule has 2 aromatic carbocycles. The van der Waals surface area contributed by atoms with Gasteiger partial charge >= 0.3 is 0 Å². The molecule has 2 amide bonds. The summed E-state index contributed by atoms with van der Waals surface area (Å²) < 4.78 is 21.7. The Balaban J connectivity index is 1.29. The van der Waals surface area contributed by atoms with E-state index in [4.69, 9.17) is 18.9 Å². The monoisotopic (exact) mass is 604 g/mol. The molecule has 0 saturated heterocycles. The van der Waals surface area contributed by atoms with Crippen molar-refractivity contribution in [3.05, 3.63) is 64.4 Å². The van der Waals surface area contributed by atoms with Crippen molar-refractivity contribution < 1.29 is 28.5 Å². The number of benzene rings is 2. The van der Waals surface area contributed by atoms with Gasteiger partial charge < -0.3 is 29.2 Å². The number of nitrogens with zero attached hydrogens (tertiary/aromatic N) is 5. The largest absolute Gasteiger partial charge is 0.493 e. The lowest BCUT2D eigenvalue weighted by molar-refractivity contribution is -0.142. The van der Waals surface area contributed by atoms with E-state index in [0.29, 0.717) is 34.4 Å². The Kier molecular flexibility index (Phi) is 8.40. The molecule has 6 rings (SSSR count). The van der Waals surface area contributed by atoms with Crippen molar-refractivity contribution in [1.29, 1.82) is 0 Å². The molecule has 12 nitrogen and oxygen atoms in total. The molecule has 4 aromatic rings. The van der Waals surface area contributed by atoms with Gasteiger partial charge in [0.05, 0.1) is 14.2 Å². The summed E-state index contributed by atoms with van der Waals surface area (Å²) in [5.74, 6) is 2.12. The Bertz CT molecular complexity index is 1590. The molecular weight excluding hydrogens is 572 g/mol. The number of hydrogen-bond donors (Lipinski definition) is 1. The molecule has 2 aromatic heterocycles. The molecular formula is C30H32N6O6S. The standard InChI is InChI=1S/C30H32N6O6S/c1-39-22-12-10-20(15-24(22)40-2)29-32-34-36(33-29)17-27(37)35(16-19-9-11-23-25(14-19)42-18-41-23)28(26-8-5-13-43-26)30(38)31-21-6-3-4-7-21/h5,8-15,21,28H,3-4,6-7,16-18H2,1-2H3,(H,31,38)/t28-/m0/s1. The first kappa shape index (κ1) is 28.5. The van der Waals surface area contributed by atoms with Crippen LogP contribution in [0.5, 0.6) is 23.0 Å². The van der Waals surface area contributed by atoms with Crippen LogP contribution in [0, 0.1) is 0 Å². The number of thiophene rings is 1. The van der Waals surface area contributed by atoms with Gasteiger partial charge in [-0.1, -0.05) is 25.0 Å². The van der Waals surface area contributed by atoms with Crippen molar-refractivity contribution in [1.82, 2.24) is 30.4 Å². The van der Waals surface area contributed by atoms with Gasteiger partial charge in [-0.25, -0.2) is 0 Å². The van der Waals surface area contributed by atoms with Crippen molar-refractivity contribution in [3.63, 3.8) is 0 Å². The Morgan fingerprint density at radius 2 is 1.88 bits per heavy atom. The molecule has 3 heterocycles. The quantitative estimate of drug-likeness (QED) is 0.270. The van der Waals surface area contributed by atoms with E-state index in [9.17, 15) is 9.59 Å². The lowest BCUT2D eigenvalue weighted by Crippen LogP contribution is -2.46. The smallest absolute Gasteiger partial charge is 0.248 e. The number of rotatable bonds is 11. The zero-order valence-electron chi connectivity index (χ0n) is 23.9. The summed E-state index contributed by atoms with van der Waals surface area (Å²) in [6, 6.07) is 13.8. The van der Waals surface area contributed by atoms with Gasteiger partial charge in [0.1, 0.15) is 12.6 Å². The Hall–Kier alpha value is -4.65. The molecule has 1 aliphatic carbocycles. The fourth-order valence-corrected chi connectivity index (χ4v) is 6.23. The van der Waals surface area contributed by atoms with Crippen molar-refractivity contribution in [2.45, 2.75) is 50.9 Å². The van der Waals surface area contributed by atoms with E-state index in [1.807, 2.05) is 35.7 Å². The molecule has 1 fully saturated rings. The van der Waals surface area contributed by atoms with Gasteiger partial charge in [-0.2, -0.15) is 4.80 Å². The summed E-state index contributed by atoms with van der Waals surface area (Å²) in [5, 5.41) is 17.9. The summed E-state index contributed by atoms with van der Waals surface area (Å²) in [7, 11) is 3.11. The number of carbonyl (C=O) groups is 2. The van der Waals surface area contributed by atoms with E-state index in [-0.39, 0.29) is 37.7 Å². The van der Waals surface area contributed by atoms with Crippen molar-refractivity contribution in [2.75, 3.05) is 21.0 Å². The summed E-state index contributed by atoms with van der Waals surface area (Å²) >= 11 is 1.44. The maximum absolute atomic E-state index is 14.1. The van der Waals surface area contributed by atoms with Crippen LogP contribution in [-0.4, -0.2) is 64.0 Å². The number of methoxy groups -OCH3 is 2. The minimum atomic E-state index is -0.840. The van der Waals surface area contributed by atoms with Crippen LogP contribution in [-0.2, 0) is 22.7 Å². The van der Waals surface area contributed by atoms with E-state index in [0.717, 1.165) is 36.1 Å². The first-order valence-corrected chi connectivity index (χ1v) is 14.9. The molecule has 1 atom stereocenters. The van der Waals surface area contributed by atoms with Crippen LogP contribution in [0.4, 0.5) is 0 Å². The van der Waals surface area contributed by atoms with Gasteiger partial charge in [0.2, 0.25) is 24.4 Å². The second-order valence-corrected chi connectivity index (χ2v) is 11.3. The SMILES string of the molecule is COc1ccc(-c2nnn(CC(=O)N(Cc3ccc4c(c3)OCO4)[C@H](C(=O)NC3CCCC3)c3cccs3)n2)cc1OC. The molecule has 43 heavy (non-hydrogen) atoms. The third-order valence-corrected chi connectivity index (χ3v) is 8.48. The number of amides is 2.